The van der Waals surface area contributed by atoms with Crippen molar-refractivity contribution in [2.24, 2.45) is 0 Å². The van der Waals surface area contributed by atoms with Crippen LogP contribution in [-0.4, -0.2) is 25.2 Å². The van der Waals surface area contributed by atoms with Gasteiger partial charge in [-0.1, -0.05) is 6.92 Å². The number of nitrogens with zero attached hydrogens (tertiary/aromatic N) is 1. The van der Waals surface area contributed by atoms with E-state index in [1.54, 1.807) is 25.1 Å². The third-order valence-electron chi connectivity index (χ3n) is 1.36. The van der Waals surface area contributed by atoms with Gasteiger partial charge in [0.05, 0.1) is 6.07 Å². The molecule has 0 amide bonds. The van der Waals surface area contributed by atoms with E-state index in [0.717, 1.165) is 0 Å². The molecule has 0 aromatic heterocycles. The quantitative estimate of drug-likeness (QED) is 0.483. The van der Waals surface area contributed by atoms with Crippen molar-refractivity contribution in [1.29, 1.82) is 5.26 Å². The second-order valence-corrected chi connectivity index (χ2v) is 2.53. The topological polar surface area (TPSA) is 76.4 Å². The Morgan fingerprint density at radius 3 is 2.20 bits per heavy atom. The second kappa shape index (κ2) is 8.75. The highest BCUT2D eigenvalue weighted by atomic mass is 16.5. The molecule has 0 aliphatic heterocycles. The van der Waals surface area contributed by atoms with Gasteiger partial charge in [-0.15, -0.1) is 0 Å². The predicted octanol–water partition coefficient (Wildman–Crippen LogP) is 0.953. The van der Waals surface area contributed by atoms with E-state index in [2.05, 4.69) is 4.74 Å². The maximum absolute atomic E-state index is 10.7. The number of carbonyl (C=O) groups is 2. The highest BCUT2D eigenvalue weighted by Gasteiger charge is 1.98. The summed E-state index contributed by atoms with van der Waals surface area (Å²) in [5.74, 6) is -0.839. The minimum Gasteiger partial charge on any atom is -0.461 e. The summed E-state index contributed by atoms with van der Waals surface area (Å²) in [4.78, 5) is 21.3. The third kappa shape index (κ3) is 8.50. The molecule has 5 nitrogen and oxygen atoms in total. The van der Waals surface area contributed by atoms with E-state index >= 15 is 0 Å². The Morgan fingerprint density at radius 2 is 1.73 bits per heavy atom. The van der Waals surface area contributed by atoms with E-state index in [1.165, 1.54) is 0 Å². The van der Waals surface area contributed by atoms with Crippen molar-refractivity contribution in [3.05, 3.63) is 12.2 Å². The Kier molecular flexibility index (Phi) is 7.69. The number of rotatable bonds is 6. The largest absolute Gasteiger partial charge is 0.461 e. The molecule has 0 aromatic rings. The van der Waals surface area contributed by atoms with Gasteiger partial charge < -0.3 is 9.47 Å². The Balaban J connectivity index is 3.44. The van der Waals surface area contributed by atoms with E-state index in [1.807, 2.05) is 0 Å². The van der Waals surface area contributed by atoms with Crippen molar-refractivity contribution in [3.8, 4) is 6.07 Å². The van der Waals surface area contributed by atoms with Gasteiger partial charge in [0, 0.05) is 6.42 Å². The summed E-state index contributed by atoms with van der Waals surface area (Å²) in [5.41, 5.74) is 0. The molecule has 0 saturated heterocycles. The van der Waals surface area contributed by atoms with Gasteiger partial charge in [-0.3, -0.25) is 9.59 Å². The van der Waals surface area contributed by atoms with Crippen molar-refractivity contribution >= 4 is 11.9 Å². The molecule has 5 heteroatoms. The Hall–Kier alpha value is -1.83. The van der Waals surface area contributed by atoms with Crippen LogP contribution in [0.2, 0.25) is 0 Å². The van der Waals surface area contributed by atoms with Crippen LogP contribution in [0.1, 0.15) is 19.8 Å². The fourth-order valence-electron chi connectivity index (χ4n) is 0.636. The van der Waals surface area contributed by atoms with Crippen LogP contribution in [0, 0.1) is 11.3 Å². The molecule has 0 heterocycles. The summed E-state index contributed by atoms with van der Waals surface area (Å²) in [6.07, 6.45) is 3.22. The molecular formula is C10H13NO4. The lowest BCUT2D eigenvalue weighted by atomic mass is 10.5. The van der Waals surface area contributed by atoms with Crippen molar-refractivity contribution in [1.82, 2.24) is 0 Å². The van der Waals surface area contributed by atoms with Crippen LogP contribution in [0.5, 0.6) is 0 Å². The average molecular weight is 211 g/mol. The van der Waals surface area contributed by atoms with Crippen LogP contribution >= 0.6 is 0 Å². The van der Waals surface area contributed by atoms with Crippen molar-refractivity contribution in [3.63, 3.8) is 0 Å². The Bertz CT molecular complexity index is 278. The first kappa shape index (κ1) is 13.2. The summed E-state index contributed by atoms with van der Waals surface area (Å²) in [7, 11) is 0. The number of ether oxygens (including phenoxy) is 2. The maximum Gasteiger partial charge on any atom is 0.320 e. The van der Waals surface area contributed by atoms with E-state index in [4.69, 9.17) is 10.00 Å². The second-order valence-electron chi connectivity index (χ2n) is 2.53. The van der Waals surface area contributed by atoms with E-state index < -0.39 is 5.97 Å². The predicted molar refractivity (Wildman–Crippen MR) is 51.6 cm³/mol. The number of nitriles is 1. The Morgan fingerprint density at radius 1 is 1.20 bits per heavy atom. The van der Waals surface area contributed by atoms with Crippen LogP contribution in [0.3, 0.4) is 0 Å². The smallest absolute Gasteiger partial charge is 0.320 e. The third-order valence-corrected chi connectivity index (χ3v) is 1.36. The maximum atomic E-state index is 10.7. The average Bonchev–Trinajstić information content (AvgIpc) is 2.23. The van der Waals surface area contributed by atoms with E-state index in [0.29, 0.717) is 6.42 Å². The van der Waals surface area contributed by atoms with Gasteiger partial charge >= 0.3 is 11.9 Å². The van der Waals surface area contributed by atoms with Gasteiger partial charge in [0.25, 0.3) is 0 Å². The molecule has 0 radical (unpaired) electrons. The number of carbonyl (C=O) groups excluding carboxylic acids is 2. The Labute approximate surface area is 88.3 Å². The minimum absolute atomic E-state index is 0.0875. The zero-order chi connectivity index (χ0) is 11.5. The van der Waals surface area contributed by atoms with Gasteiger partial charge in [-0.25, -0.2) is 0 Å². The van der Waals surface area contributed by atoms with Gasteiger partial charge in [0.2, 0.25) is 0 Å². The van der Waals surface area contributed by atoms with E-state index in [-0.39, 0.29) is 25.6 Å². The molecular weight excluding hydrogens is 198 g/mol. The molecule has 82 valence electrons. The van der Waals surface area contributed by atoms with Gasteiger partial charge in [-0.05, 0) is 12.2 Å². The molecule has 0 spiro atoms. The molecule has 0 N–H and O–H groups in total. The summed E-state index contributed by atoms with van der Waals surface area (Å²) < 4.78 is 9.35. The highest BCUT2D eigenvalue weighted by molar-refractivity contribution is 5.71. The van der Waals surface area contributed by atoms with Crippen molar-refractivity contribution < 1.29 is 19.1 Å². The first-order valence-electron chi connectivity index (χ1n) is 4.54. The summed E-state index contributed by atoms with van der Waals surface area (Å²) in [5, 5.41) is 8.14. The molecule has 0 saturated carbocycles. The molecule has 0 aliphatic carbocycles. The number of hydrogen-bond donors (Lipinski definition) is 0. The zero-order valence-electron chi connectivity index (χ0n) is 8.56. The summed E-state index contributed by atoms with van der Waals surface area (Å²) in [6, 6.07) is 1.67. The molecule has 15 heavy (non-hydrogen) atoms. The summed E-state index contributed by atoms with van der Waals surface area (Å²) in [6.45, 7) is 1.96. The first-order chi connectivity index (χ1) is 7.20. The zero-order valence-corrected chi connectivity index (χ0v) is 8.56. The van der Waals surface area contributed by atoms with Crippen LogP contribution in [0.4, 0.5) is 0 Å². The molecule has 0 rings (SSSR count). The highest BCUT2D eigenvalue weighted by Crippen LogP contribution is 1.87. The molecule has 0 unspecified atom stereocenters. The lowest BCUT2D eigenvalue weighted by Crippen LogP contribution is -2.04. The van der Waals surface area contributed by atoms with Crippen molar-refractivity contribution in [2.45, 2.75) is 19.8 Å². The first-order valence-corrected chi connectivity index (χ1v) is 4.54. The summed E-state index contributed by atoms with van der Waals surface area (Å²) >= 11 is 0. The van der Waals surface area contributed by atoms with Gasteiger partial charge in [0.15, 0.2) is 0 Å². The van der Waals surface area contributed by atoms with Crippen molar-refractivity contribution in [2.75, 3.05) is 13.2 Å². The lowest BCUT2D eigenvalue weighted by molar-refractivity contribution is -0.142. The molecule has 0 fully saturated rings. The molecule has 0 atom stereocenters. The molecule has 0 aliphatic rings. The molecule has 0 bridgehead atoms. The minimum atomic E-state index is -0.562. The number of esters is 2. The van der Waals surface area contributed by atoms with Gasteiger partial charge in [-0.2, -0.15) is 5.26 Å². The van der Waals surface area contributed by atoms with Crippen LogP contribution < -0.4 is 0 Å². The van der Waals surface area contributed by atoms with Crippen LogP contribution in [-0.2, 0) is 19.1 Å². The van der Waals surface area contributed by atoms with Crippen LogP contribution in [0.15, 0.2) is 12.2 Å². The standard InChI is InChI=1S/C10H13NO4/c1-2-9(12)14-7-3-4-8-15-10(13)5-6-11/h3-4H,2,5,7-8H2,1H3/b4-3-. The monoisotopic (exact) mass is 211 g/mol. The SMILES string of the molecule is CCC(=O)OC/C=C\COC(=O)CC#N. The van der Waals surface area contributed by atoms with Crippen LogP contribution in [0.25, 0.3) is 0 Å². The fourth-order valence-corrected chi connectivity index (χ4v) is 0.636. The van der Waals surface area contributed by atoms with E-state index in [9.17, 15) is 9.59 Å². The lowest BCUT2D eigenvalue weighted by Gasteiger charge is -1.98. The fraction of sp³-hybridized carbons (Fsp3) is 0.500. The van der Waals surface area contributed by atoms with Gasteiger partial charge in [0.1, 0.15) is 19.6 Å². The molecule has 0 aromatic carbocycles. The normalized spacial score (nSPS) is 9.60. The number of hydrogen-bond acceptors (Lipinski definition) is 5.